The minimum absolute atomic E-state index is 0.438. The van der Waals surface area contributed by atoms with Gasteiger partial charge in [0.25, 0.3) is 0 Å². The third-order valence-electron chi connectivity index (χ3n) is 3.28. The van der Waals surface area contributed by atoms with E-state index in [2.05, 4.69) is 26.1 Å². The molecule has 0 aromatic carbocycles. The predicted octanol–water partition coefficient (Wildman–Crippen LogP) is 2.58. The van der Waals surface area contributed by atoms with E-state index in [4.69, 9.17) is 4.74 Å². The molecule has 84 valence electrons. The highest BCUT2D eigenvalue weighted by Gasteiger charge is 2.18. The fraction of sp³-hybridized carbons (Fsp3) is 1.00. The van der Waals surface area contributed by atoms with E-state index in [0.29, 0.717) is 11.5 Å². The molecule has 1 aliphatic heterocycles. The van der Waals surface area contributed by atoms with Crippen LogP contribution < -0.4 is 5.32 Å². The molecule has 0 aliphatic carbocycles. The molecular weight excluding hydrogens is 174 g/mol. The Kier molecular flexibility index (Phi) is 4.90. The maximum Gasteiger partial charge on any atom is 0.0480 e. The van der Waals surface area contributed by atoms with Crippen molar-refractivity contribution >= 4 is 0 Å². The lowest BCUT2D eigenvalue weighted by Crippen LogP contribution is -2.37. The minimum Gasteiger partial charge on any atom is -0.381 e. The van der Waals surface area contributed by atoms with E-state index >= 15 is 0 Å². The summed E-state index contributed by atoms with van der Waals surface area (Å²) in [6.45, 7) is 9.94. The first-order valence-corrected chi connectivity index (χ1v) is 5.95. The van der Waals surface area contributed by atoms with Crippen LogP contribution in [0, 0.1) is 5.41 Å². The zero-order chi connectivity index (χ0) is 10.4. The van der Waals surface area contributed by atoms with Crippen LogP contribution in [0.15, 0.2) is 0 Å². The molecule has 1 saturated heterocycles. The lowest BCUT2D eigenvalue weighted by atomic mass is 9.90. The first kappa shape index (κ1) is 12.0. The molecule has 0 aromatic rings. The standard InChI is InChI=1S/C12H25NO/c1-4-12(2,3)10-13-11-6-5-8-14-9-7-11/h11,13H,4-10H2,1-3H3. The normalized spacial score (nSPS) is 24.6. The molecule has 0 spiro atoms. The van der Waals surface area contributed by atoms with Crippen LogP contribution in [0.2, 0.25) is 0 Å². The first-order chi connectivity index (χ1) is 6.64. The maximum atomic E-state index is 5.44. The third-order valence-corrected chi connectivity index (χ3v) is 3.28. The summed E-state index contributed by atoms with van der Waals surface area (Å²) in [6.07, 6.45) is 4.91. The van der Waals surface area contributed by atoms with E-state index in [0.717, 1.165) is 19.8 Å². The van der Waals surface area contributed by atoms with Gasteiger partial charge in [-0.05, 0) is 31.1 Å². The summed E-state index contributed by atoms with van der Waals surface area (Å²) in [5, 5.41) is 3.67. The Labute approximate surface area is 88.4 Å². The van der Waals surface area contributed by atoms with E-state index in [1.165, 1.54) is 25.7 Å². The van der Waals surface area contributed by atoms with Crippen molar-refractivity contribution < 1.29 is 4.74 Å². The molecule has 1 unspecified atom stereocenters. The zero-order valence-electron chi connectivity index (χ0n) is 9.94. The van der Waals surface area contributed by atoms with E-state index in [-0.39, 0.29) is 0 Å². The average Bonchev–Trinajstić information content (AvgIpc) is 2.43. The lowest BCUT2D eigenvalue weighted by Gasteiger charge is -2.26. The molecule has 1 fully saturated rings. The van der Waals surface area contributed by atoms with Crippen LogP contribution in [-0.2, 0) is 4.74 Å². The molecule has 2 heteroatoms. The van der Waals surface area contributed by atoms with Crippen LogP contribution in [0.5, 0.6) is 0 Å². The molecule has 2 nitrogen and oxygen atoms in total. The van der Waals surface area contributed by atoms with Crippen molar-refractivity contribution in [1.29, 1.82) is 0 Å². The monoisotopic (exact) mass is 199 g/mol. The molecule has 0 bridgehead atoms. The lowest BCUT2D eigenvalue weighted by molar-refractivity contribution is 0.142. The molecule has 0 amide bonds. The molecule has 1 rings (SSSR count). The van der Waals surface area contributed by atoms with Gasteiger partial charge in [0.05, 0.1) is 0 Å². The molecule has 1 heterocycles. The topological polar surface area (TPSA) is 21.3 Å². The Morgan fingerprint density at radius 3 is 2.79 bits per heavy atom. The molecule has 0 saturated carbocycles. The highest BCUT2D eigenvalue weighted by molar-refractivity contribution is 4.75. The summed E-state index contributed by atoms with van der Waals surface area (Å²) in [5.41, 5.74) is 0.438. The number of nitrogens with one attached hydrogen (secondary N) is 1. The van der Waals surface area contributed by atoms with Gasteiger partial charge in [-0.15, -0.1) is 0 Å². The summed E-state index contributed by atoms with van der Waals surface area (Å²) in [7, 11) is 0. The van der Waals surface area contributed by atoms with E-state index in [9.17, 15) is 0 Å². The van der Waals surface area contributed by atoms with Gasteiger partial charge in [0.15, 0.2) is 0 Å². The average molecular weight is 199 g/mol. The van der Waals surface area contributed by atoms with Crippen molar-refractivity contribution in [3.05, 3.63) is 0 Å². The van der Waals surface area contributed by atoms with Gasteiger partial charge < -0.3 is 10.1 Å². The zero-order valence-corrected chi connectivity index (χ0v) is 9.94. The van der Waals surface area contributed by atoms with Gasteiger partial charge in [-0.3, -0.25) is 0 Å². The Morgan fingerprint density at radius 1 is 1.29 bits per heavy atom. The molecule has 1 aliphatic rings. The van der Waals surface area contributed by atoms with Crippen LogP contribution in [0.25, 0.3) is 0 Å². The summed E-state index contributed by atoms with van der Waals surface area (Å²) in [6, 6.07) is 0.684. The molecule has 0 aromatic heterocycles. The molecule has 1 N–H and O–H groups in total. The first-order valence-electron chi connectivity index (χ1n) is 5.95. The molecule has 14 heavy (non-hydrogen) atoms. The van der Waals surface area contributed by atoms with Crippen molar-refractivity contribution in [2.45, 2.75) is 52.5 Å². The molecular formula is C12H25NO. The van der Waals surface area contributed by atoms with Crippen LogP contribution in [0.4, 0.5) is 0 Å². The summed E-state index contributed by atoms with van der Waals surface area (Å²) >= 11 is 0. The molecule has 1 atom stereocenters. The Morgan fingerprint density at radius 2 is 2.07 bits per heavy atom. The number of ether oxygens (including phenoxy) is 1. The fourth-order valence-corrected chi connectivity index (χ4v) is 1.65. The summed E-state index contributed by atoms with van der Waals surface area (Å²) in [5.74, 6) is 0. The van der Waals surface area contributed by atoms with Gasteiger partial charge in [0.1, 0.15) is 0 Å². The Balaban J connectivity index is 2.22. The third kappa shape index (κ3) is 4.43. The van der Waals surface area contributed by atoms with Crippen molar-refractivity contribution in [1.82, 2.24) is 5.32 Å². The number of hydrogen-bond acceptors (Lipinski definition) is 2. The van der Waals surface area contributed by atoms with Crippen LogP contribution >= 0.6 is 0 Å². The van der Waals surface area contributed by atoms with Gasteiger partial charge in [-0.1, -0.05) is 20.8 Å². The molecule has 0 radical (unpaired) electrons. The van der Waals surface area contributed by atoms with Crippen molar-refractivity contribution in [3.63, 3.8) is 0 Å². The van der Waals surface area contributed by atoms with E-state index < -0.39 is 0 Å². The van der Waals surface area contributed by atoms with Crippen molar-refractivity contribution in [3.8, 4) is 0 Å². The highest BCUT2D eigenvalue weighted by Crippen LogP contribution is 2.19. The summed E-state index contributed by atoms with van der Waals surface area (Å²) < 4.78 is 5.44. The van der Waals surface area contributed by atoms with Gasteiger partial charge in [-0.2, -0.15) is 0 Å². The van der Waals surface area contributed by atoms with Gasteiger partial charge in [-0.25, -0.2) is 0 Å². The van der Waals surface area contributed by atoms with Crippen LogP contribution in [-0.4, -0.2) is 25.8 Å². The largest absolute Gasteiger partial charge is 0.381 e. The quantitative estimate of drug-likeness (QED) is 0.751. The van der Waals surface area contributed by atoms with Gasteiger partial charge in [0.2, 0.25) is 0 Å². The summed E-state index contributed by atoms with van der Waals surface area (Å²) in [4.78, 5) is 0. The predicted molar refractivity (Wildman–Crippen MR) is 60.5 cm³/mol. The minimum atomic E-state index is 0.438. The number of rotatable bonds is 4. The second-order valence-corrected chi connectivity index (χ2v) is 5.14. The SMILES string of the molecule is CCC(C)(C)CNC1CCCOCC1. The highest BCUT2D eigenvalue weighted by atomic mass is 16.5. The van der Waals surface area contributed by atoms with Gasteiger partial charge >= 0.3 is 0 Å². The Hall–Kier alpha value is -0.0800. The Bertz CT molecular complexity index is 148. The van der Waals surface area contributed by atoms with E-state index in [1.54, 1.807) is 0 Å². The smallest absolute Gasteiger partial charge is 0.0480 e. The van der Waals surface area contributed by atoms with Crippen molar-refractivity contribution in [2.75, 3.05) is 19.8 Å². The second-order valence-electron chi connectivity index (χ2n) is 5.14. The maximum absolute atomic E-state index is 5.44. The fourth-order valence-electron chi connectivity index (χ4n) is 1.65. The number of hydrogen-bond donors (Lipinski definition) is 1. The second kappa shape index (κ2) is 5.72. The van der Waals surface area contributed by atoms with Crippen LogP contribution in [0.3, 0.4) is 0 Å². The van der Waals surface area contributed by atoms with E-state index in [1.807, 2.05) is 0 Å². The van der Waals surface area contributed by atoms with Gasteiger partial charge in [0, 0.05) is 25.8 Å². The van der Waals surface area contributed by atoms with Crippen molar-refractivity contribution in [2.24, 2.45) is 5.41 Å². The van der Waals surface area contributed by atoms with Crippen LogP contribution in [0.1, 0.15) is 46.5 Å².